The zero-order valence-electron chi connectivity index (χ0n) is 21.8. The molecule has 0 saturated carbocycles. The zero-order chi connectivity index (χ0) is 26.9. The molecular weight excluding hydrogens is 478 g/mol. The smallest absolute Gasteiger partial charge is 0.331 e. The van der Waals surface area contributed by atoms with Crippen molar-refractivity contribution in [1.82, 2.24) is 0 Å². The normalized spacial score (nSPS) is 18.2. The molecule has 196 valence electrons. The Kier molecular flexibility index (Phi) is 8.98. The summed E-state index contributed by atoms with van der Waals surface area (Å²) in [5, 5.41) is 0. The van der Waals surface area contributed by atoms with E-state index < -0.39 is 12.0 Å². The first-order valence-corrected chi connectivity index (χ1v) is 12.7. The van der Waals surface area contributed by atoms with Gasteiger partial charge in [0.15, 0.2) is 0 Å². The lowest BCUT2D eigenvalue weighted by Crippen LogP contribution is -2.53. The van der Waals surface area contributed by atoms with E-state index in [1.165, 1.54) is 6.08 Å². The van der Waals surface area contributed by atoms with Crippen LogP contribution >= 0.6 is 0 Å². The molecule has 0 N–H and O–H groups in total. The monoisotopic (exact) mass is 511 g/mol. The van der Waals surface area contributed by atoms with Gasteiger partial charge in [0.2, 0.25) is 0 Å². The molecule has 6 heteroatoms. The molecule has 1 heterocycles. The van der Waals surface area contributed by atoms with Crippen LogP contribution in [0.5, 0.6) is 5.75 Å². The van der Waals surface area contributed by atoms with Gasteiger partial charge in [-0.25, -0.2) is 9.59 Å². The number of nitrogens with zero attached hydrogens (tertiary/aromatic N) is 1. The average Bonchev–Trinajstić information content (AvgIpc) is 2.95. The minimum absolute atomic E-state index is 0.165. The number of piperidine rings is 1. The second-order valence-corrected chi connectivity index (χ2v) is 9.12. The number of hydrogen-bond donors (Lipinski definition) is 0. The lowest BCUT2D eigenvalue weighted by molar-refractivity contribution is -0.146. The Balaban J connectivity index is 1.71. The Bertz CT molecular complexity index is 1270. The summed E-state index contributed by atoms with van der Waals surface area (Å²) in [4.78, 5) is 28.5. The number of esters is 2. The molecular formula is C32H33NO5. The number of anilines is 1. The Hall–Kier alpha value is -4.32. The van der Waals surface area contributed by atoms with E-state index in [0.29, 0.717) is 18.5 Å². The van der Waals surface area contributed by atoms with Crippen molar-refractivity contribution in [2.75, 3.05) is 25.2 Å². The maximum atomic E-state index is 13.5. The van der Waals surface area contributed by atoms with Gasteiger partial charge in [-0.2, -0.15) is 0 Å². The average molecular weight is 512 g/mol. The van der Waals surface area contributed by atoms with E-state index in [4.69, 9.17) is 14.2 Å². The van der Waals surface area contributed by atoms with Gasteiger partial charge < -0.3 is 19.1 Å². The molecule has 4 rings (SSSR count). The van der Waals surface area contributed by atoms with Gasteiger partial charge >= 0.3 is 11.9 Å². The molecule has 0 amide bonds. The van der Waals surface area contributed by atoms with Gasteiger partial charge in [0.05, 0.1) is 13.7 Å². The van der Waals surface area contributed by atoms with Crippen molar-refractivity contribution in [3.05, 3.63) is 120 Å². The Morgan fingerprint density at radius 1 is 0.921 bits per heavy atom. The SMILES string of the molecule is C=C1CN(c2ccc(OC)cc2)[C@H](C(=O)OCC)[C@H](Cc2ccccc2)/C1=C/C(=O)OCc1ccccc1. The molecule has 1 saturated heterocycles. The van der Waals surface area contributed by atoms with Crippen molar-refractivity contribution < 1.29 is 23.8 Å². The van der Waals surface area contributed by atoms with Crippen LogP contribution in [-0.4, -0.2) is 38.2 Å². The third-order valence-electron chi connectivity index (χ3n) is 6.61. The molecule has 3 aromatic carbocycles. The van der Waals surface area contributed by atoms with Gasteiger partial charge in [-0.05, 0) is 59.9 Å². The summed E-state index contributed by atoms with van der Waals surface area (Å²) in [7, 11) is 1.61. The van der Waals surface area contributed by atoms with Crippen molar-refractivity contribution in [2.24, 2.45) is 5.92 Å². The Labute approximate surface area is 224 Å². The Morgan fingerprint density at radius 3 is 2.16 bits per heavy atom. The molecule has 0 radical (unpaired) electrons. The van der Waals surface area contributed by atoms with E-state index >= 15 is 0 Å². The maximum absolute atomic E-state index is 13.5. The molecule has 0 spiro atoms. The van der Waals surface area contributed by atoms with Crippen molar-refractivity contribution in [3.8, 4) is 5.75 Å². The van der Waals surface area contributed by atoms with Gasteiger partial charge in [-0.1, -0.05) is 67.2 Å². The third kappa shape index (κ3) is 6.51. The molecule has 3 aromatic rings. The van der Waals surface area contributed by atoms with Crippen LogP contribution in [0, 0.1) is 5.92 Å². The molecule has 1 fully saturated rings. The topological polar surface area (TPSA) is 65.1 Å². The predicted molar refractivity (Wildman–Crippen MR) is 148 cm³/mol. The quantitative estimate of drug-likeness (QED) is 0.278. The first kappa shape index (κ1) is 26.7. The number of ether oxygens (including phenoxy) is 3. The van der Waals surface area contributed by atoms with Gasteiger partial charge in [0, 0.05) is 24.2 Å². The van der Waals surface area contributed by atoms with Gasteiger partial charge in [-0.15, -0.1) is 0 Å². The molecule has 6 nitrogen and oxygen atoms in total. The van der Waals surface area contributed by atoms with E-state index in [9.17, 15) is 9.59 Å². The number of carbonyl (C=O) groups is 2. The fraction of sp³-hybridized carbons (Fsp3) is 0.250. The minimum atomic E-state index is -0.665. The number of methoxy groups -OCH3 is 1. The van der Waals surface area contributed by atoms with Gasteiger partial charge in [0.1, 0.15) is 18.4 Å². The molecule has 0 aliphatic carbocycles. The van der Waals surface area contributed by atoms with E-state index in [1.807, 2.05) is 89.8 Å². The van der Waals surface area contributed by atoms with Crippen molar-refractivity contribution in [2.45, 2.75) is 26.0 Å². The molecule has 0 bridgehead atoms. The highest BCUT2D eigenvalue weighted by Gasteiger charge is 2.42. The molecule has 1 aliphatic heterocycles. The maximum Gasteiger partial charge on any atom is 0.331 e. The molecule has 0 aromatic heterocycles. The van der Waals surface area contributed by atoms with E-state index in [2.05, 4.69) is 6.58 Å². The Morgan fingerprint density at radius 2 is 1.55 bits per heavy atom. The third-order valence-corrected chi connectivity index (χ3v) is 6.61. The van der Waals surface area contributed by atoms with Crippen LogP contribution < -0.4 is 9.64 Å². The van der Waals surface area contributed by atoms with Crippen molar-refractivity contribution in [3.63, 3.8) is 0 Å². The van der Waals surface area contributed by atoms with Crippen LogP contribution in [0.3, 0.4) is 0 Å². The highest BCUT2D eigenvalue weighted by atomic mass is 16.5. The first-order valence-electron chi connectivity index (χ1n) is 12.7. The summed E-state index contributed by atoms with van der Waals surface area (Å²) < 4.78 is 16.4. The summed E-state index contributed by atoms with van der Waals surface area (Å²) in [5.74, 6) is -0.479. The number of benzene rings is 3. The summed E-state index contributed by atoms with van der Waals surface area (Å²) in [6, 6.07) is 26.3. The molecule has 0 unspecified atom stereocenters. The minimum Gasteiger partial charge on any atom is -0.497 e. The molecule has 38 heavy (non-hydrogen) atoms. The van der Waals surface area contributed by atoms with Crippen molar-refractivity contribution in [1.29, 1.82) is 0 Å². The highest BCUT2D eigenvalue weighted by molar-refractivity contribution is 5.87. The fourth-order valence-corrected chi connectivity index (χ4v) is 4.79. The van der Waals surface area contributed by atoms with E-state index in [-0.39, 0.29) is 25.1 Å². The number of carbonyl (C=O) groups excluding carboxylic acids is 2. The number of rotatable bonds is 9. The van der Waals surface area contributed by atoms with Crippen molar-refractivity contribution >= 4 is 17.6 Å². The number of hydrogen-bond acceptors (Lipinski definition) is 6. The van der Waals surface area contributed by atoms with Crippen LogP contribution in [-0.2, 0) is 32.1 Å². The lowest BCUT2D eigenvalue weighted by Gasteiger charge is -2.43. The van der Waals surface area contributed by atoms with Crippen LogP contribution in [0.15, 0.2) is 109 Å². The fourth-order valence-electron chi connectivity index (χ4n) is 4.79. The van der Waals surface area contributed by atoms with E-state index in [0.717, 1.165) is 28.1 Å². The summed E-state index contributed by atoms with van der Waals surface area (Å²) in [6.07, 6.45) is 2.02. The zero-order valence-corrected chi connectivity index (χ0v) is 21.8. The first-order chi connectivity index (χ1) is 18.5. The second-order valence-electron chi connectivity index (χ2n) is 9.12. The lowest BCUT2D eigenvalue weighted by atomic mass is 9.77. The summed E-state index contributed by atoms with van der Waals surface area (Å²) in [6.45, 7) is 6.88. The van der Waals surface area contributed by atoms with Crippen LogP contribution in [0.2, 0.25) is 0 Å². The van der Waals surface area contributed by atoms with Crippen LogP contribution in [0.25, 0.3) is 0 Å². The molecule has 2 atom stereocenters. The van der Waals surface area contributed by atoms with Crippen LogP contribution in [0.1, 0.15) is 18.1 Å². The largest absolute Gasteiger partial charge is 0.497 e. The second kappa shape index (κ2) is 12.8. The summed E-state index contributed by atoms with van der Waals surface area (Å²) in [5.41, 5.74) is 4.24. The molecule has 1 aliphatic rings. The van der Waals surface area contributed by atoms with Crippen LogP contribution in [0.4, 0.5) is 5.69 Å². The summed E-state index contributed by atoms with van der Waals surface area (Å²) >= 11 is 0. The van der Waals surface area contributed by atoms with E-state index in [1.54, 1.807) is 14.0 Å². The van der Waals surface area contributed by atoms with Gasteiger partial charge in [-0.3, -0.25) is 0 Å². The predicted octanol–water partition coefficient (Wildman–Crippen LogP) is 5.53. The highest BCUT2D eigenvalue weighted by Crippen LogP contribution is 2.38. The van der Waals surface area contributed by atoms with Gasteiger partial charge in [0.25, 0.3) is 0 Å². The standard InChI is InChI=1S/C32H33NO5/c1-4-37-32(35)31-29(19-24-11-7-5-8-12-24)28(20-30(34)38-22-25-13-9-6-10-14-25)23(2)21-33(31)26-15-17-27(36-3)18-16-26/h5-18,20,29,31H,2,4,19,21-22H2,1,3H3/b28-20+/t29-,31+/m1/s1.